The molecule has 0 bridgehead atoms. The number of pyridine rings is 1. The molecule has 7 nitrogen and oxygen atoms in total. The zero-order chi connectivity index (χ0) is 24.4. The van der Waals surface area contributed by atoms with Gasteiger partial charge < -0.3 is 24.1 Å². The lowest BCUT2D eigenvalue weighted by molar-refractivity contribution is 0.0600. The number of esters is 1. The van der Waals surface area contributed by atoms with Gasteiger partial charge in [0.15, 0.2) is 5.11 Å². The van der Waals surface area contributed by atoms with Crippen LogP contribution in [0.2, 0.25) is 0 Å². The molecule has 0 saturated carbocycles. The summed E-state index contributed by atoms with van der Waals surface area (Å²) < 4.78 is 16.6. The number of hydrogen-bond donors (Lipinski definition) is 1. The maximum atomic E-state index is 11.8. The van der Waals surface area contributed by atoms with Crippen molar-refractivity contribution < 1.29 is 18.7 Å². The third-order valence-electron chi connectivity index (χ3n) is 5.94. The van der Waals surface area contributed by atoms with E-state index >= 15 is 0 Å². The Hall–Kier alpha value is -4.17. The second-order valence-electron chi connectivity index (χ2n) is 7.97. The van der Waals surface area contributed by atoms with E-state index < -0.39 is 0 Å². The van der Waals surface area contributed by atoms with Gasteiger partial charge >= 0.3 is 5.97 Å². The molecule has 1 N–H and O–H groups in total. The van der Waals surface area contributed by atoms with E-state index in [0.29, 0.717) is 16.4 Å². The van der Waals surface area contributed by atoms with Crippen LogP contribution in [0.3, 0.4) is 0 Å². The largest absolute Gasteiger partial charge is 0.497 e. The van der Waals surface area contributed by atoms with Crippen molar-refractivity contribution >= 4 is 29.0 Å². The van der Waals surface area contributed by atoms with Gasteiger partial charge in [-0.2, -0.15) is 0 Å². The van der Waals surface area contributed by atoms with Gasteiger partial charge in [-0.3, -0.25) is 4.98 Å². The predicted octanol–water partition coefficient (Wildman–Crippen LogP) is 5.31. The minimum absolute atomic E-state index is 0.226. The van der Waals surface area contributed by atoms with Crippen molar-refractivity contribution in [3.8, 4) is 17.1 Å². The average molecular weight is 486 g/mol. The molecule has 35 heavy (non-hydrogen) atoms. The molecule has 176 valence electrons. The van der Waals surface area contributed by atoms with Crippen molar-refractivity contribution in [2.45, 2.75) is 12.1 Å². The zero-order valence-electron chi connectivity index (χ0n) is 19.2. The minimum Gasteiger partial charge on any atom is -0.497 e. The molecule has 4 aromatic rings. The van der Waals surface area contributed by atoms with Gasteiger partial charge in [0.2, 0.25) is 0 Å². The summed E-state index contributed by atoms with van der Waals surface area (Å²) >= 11 is 5.77. The van der Waals surface area contributed by atoms with Gasteiger partial charge in [-0.1, -0.05) is 24.3 Å². The van der Waals surface area contributed by atoms with Crippen LogP contribution in [-0.2, 0) is 4.74 Å². The van der Waals surface area contributed by atoms with Gasteiger partial charge in [0.25, 0.3) is 0 Å². The van der Waals surface area contributed by atoms with Crippen LogP contribution >= 0.6 is 12.2 Å². The molecule has 1 aliphatic heterocycles. The number of aromatic nitrogens is 1. The quantitative estimate of drug-likeness (QED) is 0.291. The van der Waals surface area contributed by atoms with E-state index in [9.17, 15) is 4.79 Å². The maximum Gasteiger partial charge on any atom is 0.337 e. The first kappa shape index (κ1) is 22.6. The van der Waals surface area contributed by atoms with Crippen molar-refractivity contribution in [2.75, 3.05) is 19.1 Å². The van der Waals surface area contributed by atoms with Crippen molar-refractivity contribution in [3.05, 3.63) is 102 Å². The molecule has 3 heterocycles. The molecule has 0 aliphatic carbocycles. The summed E-state index contributed by atoms with van der Waals surface area (Å²) in [6.45, 7) is 0. The van der Waals surface area contributed by atoms with Gasteiger partial charge in [0.05, 0.1) is 31.5 Å². The van der Waals surface area contributed by atoms with Crippen LogP contribution in [-0.4, -0.2) is 30.3 Å². The van der Waals surface area contributed by atoms with E-state index in [2.05, 4.69) is 10.3 Å². The molecule has 1 aliphatic rings. The molecule has 0 amide bonds. The Morgan fingerprint density at radius 3 is 2.57 bits per heavy atom. The molecule has 0 spiro atoms. The van der Waals surface area contributed by atoms with Gasteiger partial charge in [-0.25, -0.2) is 4.79 Å². The number of carbonyl (C=O) groups is 1. The summed E-state index contributed by atoms with van der Waals surface area (Å²) in [6, 6.07) is 24.0. The van der Waals surface area contributed by atoms with Gasteiger partial charge in [0, 0.05) is 23.5 Å². The van der Waals surface area contributed by atoms with E-state index in [4.69, 9.17) is 26.1 Å². The van der Waals surface area contributed by atoms with Crippen LogP contribution in [0.25, 0.3) is 11.3 Å². The standard InChI is InChI=1S/C27H23N3O4S/c1-32-20-7-5-6-19(16-20)30-25(24(29-27(30)35)21-8-3-4-15-28-21)23-14-13-22(34-23)17-9-11-18(12-10-17)26(31)33-2/h3-16,24-25H,1-2H3,(H,29,35)/t24-,25-/m1/s1. The van der Waals surface area contributed by atoms with Crippen LogP contribution in [0.15, 0.2) is 89.5 Å². The number of anilines is 1. The highest BCUT2D eigenvalue weighted by atomic mass is 32.1. The maximum absolute atomic E-state index is 11.8. The molecule has 8 heteroatoms. The molecule has 2 aromatic carbocycles. The fourth-order valence-electron chi connectivity index (χ4n) is 4.24. The lowest BCUT2D eigenvalue weighted by atomic mass is 10.0. The van der Waals surface area contributed by atoms with Gasteiger partial charge in [0.1, 0.15) is 23.3 Å². The number of benzene rings is 2. The number of methoxy groups -OCH3 is 2. The zero-order valence-corrected chi connectivity index (χ0v) is 20.0. The van der Waals surface area contributed by atoms with Crippen LogP contribution < -0.4 is 15.0 Å². The van der Waals surface area contributed by atoms with E-state index in [1.54, 1.807) is 25.4 Å². The van der Waals surface area contributed by atoms with E-state index in [-0.39, 0.29) is 18.1 Å². The number of thiocarbonyl (C=S) groups is 1. The summed E-state index contributed by atoms with van der Waals surface area (Å²) in [5, 5.41) is 3.99. The number of hydrogen-bond acceptors (Lipinski definition) is 6. The minimum atomic E-state index is -0.380. The van der Waals surface area contributed by atoms with E-state index in [1.165, 1.54) is 7.11 Å². The predicted molar refractivity (Wildman–Crippen MR) is 136 cm³/mol. The number of furan rings is 1. The number of nitrogens with one attached hydrogen (secondary N) is 1. The second-order valence-corrected chi connectivity index (χ2v) is 8.36. The van der Waals surface area contributed by atoms with Crippen LogP contribution in [0.4, 0.5) is 5.69 Å². The second kappa shape index (κ2) is 9.60. The highest BCUT2D eigenvalue weighted by Gasteiger charge is 2.42. The third-order valence-corrected chi connectivity index (χ3v) is 6.25. The summed E-state index contributed by atoms with van der Waals surface area (Å²) in [6.07, 6.45) is 1.77. The van der Waals surface area contributed by atoms with Crippen molar-refractivity contribution in [3.63, 3.8) is 0 Å². The monoisotopic (exact) mass is 485 g/mol. The Morgan fingerprint density at radius 2 is 1.86 bits per heavy atom. The smallest absolute Gasteiger partial charge is 0.337 e. The highest BCUT2D eigenvalue weighted by Crippen LogP contribution is 2.43. The topological polar surface area (TPSA) is 76.8 Å². The van der Waals surface area contributed by atoms with Gasteiger partial charge in [-0.05, 0) is 60.7 Å². The van der Waals surface area contributed by atoms with Crippen molar-refractivity contribution in [1.82, 2.24) is 10.3 Å². The first-order valence-electron chi connectivity index (χ1n) is 11.0. The highest BCUT2D eigenvalue weighted by molar-refractivity contribution is 7.80. The number of ether oxygens (including phenoxy) is 2. The van der Waals surface area contributed by atoms with Crippen molar-refractivity contribution in [2.24, 2.45) is 0 Å². The molecular weight excluding hydrogens is 462 g/mol. The number of carbonyl (C=O) groups excluding carboxylic acids is 1. The fourth-order valence-corrected chi connectivity index (χ4v) is 4.58. The lowest BCUT2D eigenvalue weighted by Crippen LogP contribution is -2.29. The number of nitrogens with zero attached hydrogens (tertiary/aromatic N) is 2. The van der Waals surface area contributed by atoms with Gasteiger partial charge in [-0.15, -0.1) is 0 Å². The molecule has 0 radical (unpaired) electrons. The summed E-state index contributed by atoms with van der Waals surface area (Å²) in [7, 11) is 3.00. The Morgan fingerprint density at radius 1 is 1.03 bits per heavy atom. The van der Waals surface area contributed by atoms with Crippen LogP contribution in [0.1, 0.15) is 33.9 Å². The fraction of sp³-hybridized carbons (Fsp3) is 0.148. The molecule has 0 unspecified atom stereocenters. The van der Waals surface area contributed by atoms with E-state index in [0.717, 1.165) is 28.5 Å². The Kier molecular flexibility index (Phi) is 6.20. The normalized spacial score (nSPS) is 17.2. The molecule has 1 fully saturated rings. The SMILES string of the molecule is COC(=O)c1ccc(-c2ccc([C@@H]3[C@@H](c4ccccn4)NC(=S)N3c3cccc(OC)c3)o2)cc1. The molecule has 2 atom stereocenters. The molecule has 1 saturated heterocycles. The molecule has 2 aromatic heterocycles. The summed E-state index contributed by atoms with van der Waals surface area (Å²) in [5.74, 6) is 1.76. The molecule has 5 rings (SSSR count). The Labute approximate surface area is 208 Å². The van der Waals surface area contributed by atoms with Crippen LogP contribution in [0.5, 0.6) is 5.75 Å². The average Bonchev–Trinajstić information content (AvgIpc) is 3.53. The number of rotatable bonds is 6. The summed E-state index contributed by atoms with van der Waals surface area (Å²) in [5.41, 5.74) is 3.06. The first-order chi connectivity index (χ1) is 17.1. The summed E-state index contributed by atoms with van der Waals surface area (Å²) in [4.78, 5) is 18.4. The third kappa shape index (κ3) is 4.36. The van der Waals surface area contributed by atoms with E-state index in [1.807, 2.05) is 71.6 Å². The molecular formula is C27H23N3O4S. The Bertz CT molecular complexity index is 1350. The van der Waals surface area contributed by atoms with Crippen molar-refractivity contribution in [1.29, 1.82) is 0 Å². The van der Waals surface area contributed by atoms with Crippen LogP contribution in [0, 0.1) is 0 Å². The Balaban J connectivity index is 1.55. The lowest BCUT2D eigenvalue weighted by Gasteiger charge is -2.26. The first-order valence-corrected chi connectivity index (χ1v) is 11.4.